The van der Waals surface area contributed by atoms with Gasteiger partial charge in [-0.05, 0) is 69.0 Å². The zero-order valence-corrected chi connectivity index (χ0v) is 12.9. The maximum absolute atomic E-state index is 10.3. The zero-order valence-electron chi connectivity index (χ0n) is 12.9. The zero-order chi connectivity index (χ0) is 15.9. The normalized spacial score (nSPS) is 24.8. The molecule has 2 aliphatic rings. The highest BCUT2D eigenvalue weighted by Gasteiger charge is 2.32. The van der Waals surface area contributed by atoms with Gasteiger partial charge in [-0.3, -0.25) is 0 Å². The molecule has 2 atom stereocenters. The number of nitrogens with zero attached hydrogens (tertiary/aromatic N) is 1. The van der Waals surface area contributed by atoms with Crippen molar-refractivity contribution in [1.82, 2.24) is 4.90 Å². The van der Waals surface area contributed by atoms with Crippen LogP contribution in [0.5, 0.6) is 0 Å². The standard InChI is InChI=1S/C10H19NO.C7H7NO2/c12-8-9-4-3-7-11-6-2-1-5-10(9)11;8-6-3-1-5(2-4-6)7(9)10/h9-10,12H,1-8H2;1-4H,8H2,(H,9,10). The van der Waals surface area contributed by atoms with Crippen molar-refractivity contribution in [2.75, 3.05) is 25.4 Å². The first-order chi connectivity index (χ1) is 10.6. The molecule has 2 unspecified atom stereocenters. The van der Waals surface area contributed by atoms with Gasteiger partial charge in [0.05, 0.1) is 5.56 Å². The van der Waals surface area contributed by atoms with Gasteiger partial charge in [-0.2, -0.15) is 0 Å². The average molecular weight is 306 g/mol. The molecule has 2 heterocycles. The monoisotopic (exact) mass is 306 g/mol. The van der Waals surface area contributed by atoms with E-state index in [2.05, 4.69) is 4.90 Å². The number of benzene rings is 1. The number of anilines is 1. The Bertz CT molecular complexity index is 467. The molecule has 0 amide bonds. The SMILES string of the molecule is Nc1ccc(C(=O)O)cc1.OCC1CCCN2CCCCC12. The Labute approximate surface area is 131 Å². The molecule has 0 bridgehead atoms. The molecule has 0 aliphatic carbocycles. The minimum Gasteiger partial charge on any atom is -0.478 e. The summed E-state index contributed by atoms with van der Waals surface area (Å²) >= 11 is 0. The number of aromatic carboxylic acids is 1. The van der Waals surface area contributed by atoms with Crippen molar-refractivity contribution in [1.29, 1.82) is 0 Å². The van der Waals surface area contributed by atoms with Crippen LogP contribution in [0.2, 0.25) is 0 Å². The van der Waals surface area contributed by atoms with Crippen molar-refractivity contribution in [3.63, 3.8) is 0 Å². The van der Waals surface area contributed by atoms with Crippen LogP contribution in [-0.2, 0) is 0 Å². The second-order valence-electron chi connectivity index (χ2n) is 6.11. The van der Waals surface area contributed by atoms with E-state index >= 15 is 0 Å². The molecular formula is C17H26N2O3. The third kappa shape index (κ3) is 4.45. The van der Waals surface area contributed by atoms with Crippen LogP contribution in [0.25, 0.3) is 0 Å². The third-order valence-electron chi connectivity index (χ3n) is 4.62. The molecule has 3 rings (SSSR count). The second-order valence-corrected chi connectivity index (χ2v) is 6.11. The number of hydrogen-bond donors (Lipinski definition) is 3. The molecule has 5 nitrogen and oxygen atoms in total. The molecule has 2 saturated heterocycles. The number of carbonyl (C=O) groups is 1. The van der Waals surface area contributed by atoms with E-state index in [1.807, 2.05) is 0 Å². The number of rotatable bonds is 2. The Morgan fingerprint density at radius 3 is 2.45 bits per heavy atom. The molecule has 2 aliphatic heterocycles. The number of nitrogen functional groups attached to an aromatic ring is 1. The highest BCUT2D eigenvalue weighted by atomic mass is 16.4. The van der Waals surface area contributed by atoms with Crippen molar-refractivity contribution < 1.29 is 15.0 Å². The quantitative estimate of drug-likeness (QED) is 0.729. The molecule has 0 radical (unpaired) electrons. The Kier molecular flexibility index (Phi) is 6.21. The lowest BCUT2D eigenvalue weighted by atomic mass is 9.84. The molecule has 0 aromatic heterocycles. The van der Waals surface area contributed by atoms with Gasteiger partial charge in [-0.15, -0.1) is 0 Å². The van der Waals surface area contributed by atoms with Gasteiger partial charge in [-0.1, -0.05) is 6.42 Å². The molecule has 0 spiro atoms. The van der Waals surface area contributed by atoms with E-state index in [4.69, 9.17) is 10.8 Å². The number of aliphatic hydroxyl groups is 1. The van der Waals surface area contributed by atoms with E-state index in [1.54, 1.807) is 12.1 Å². The molecule has 122 valence electrons. The van der Waals surface area contributed by atoms with E-state index in [9.17, 15) is 9.90 Å². The average Bonchev–Trinajstić information content (AvgIpc) is 2.55. The molecule has 22 heavy (non-hydrogen) atoms. The largest absolute Gasteiger partial charge is 0.478 e. The molecular weight excluding hydrogens is 280 g/mol. The number of aliphatic hydroxyl groups excluding tert-OH is 1. The summed E-state index contributed by atoms with van der Waals surface area (Å²) in [7, 11) is 0. The number of nitrogens with two attached hydrogens (primary N) is 1. The van der Waals surface area contributed by atoms with E-state index in [1.165, 1.54) is 57.3 Å². The van der Waals surface area contributed by atoms with E-state index in [0.29, 0.717) is 18.2 Å². The van der Waals surface area contributed by atoms with Gasteiger partial charge in [0.1, 0.15) is 0 Å². The van der Waals surface area contributed by atoms with Crippen LogP contribution in [0, 0.1) is 5.92 Å². The van der Waals surface area contributed by atoms with Crippen molar-refractivity contribution in [2.45, 2.75) is 38.1 Å². The summed E-state index contributed by atoms with van der Waals surface area (Å²) in [6.07, 6.45) is 6.61. The van der Waals surface area contributed by atoms with Crippen LogP contribution >= 0.6 is 0 Å². The lowest BCUT2D eigenvalue weighted by Crippen LogP contribution is -2.48. The first-order valence-corrected chi connectivity index (χ1v) is 8.05. The van der Waals surface area contributed by atoms with Crippen LogP contribution < -0.4 is 5.73 Å². The molecule has 1 aromatic rings. The topological polar surface area (TPSA) is 86.8 Å². The number of hydrogen-bond acceptors (Lipinski definition) is 4. The predicted molar refractivity (Wildman–Crippen MR) is 86.8 cm³/mol. The fraction of sp³-hybridized carbons (Fsp3) is 0.588. The van der Waals surface area contributed by atoms with Gasteiger partial charge in [0.2, 0.25) is 0 Å². The highest BCUT2D eigenvalue weighted by Crippen LogP contribution is 2.30. The van der Waals surface area contributed by atoms with Gasteiger partial charge in [0, 0.05) is 18.3 Å². The molecule has 4 N–H and O–H groups in total. The van der Waals surface area contributed by atoms with Crippen LogP contribution in [0.3, 0.4) is 0 Å². The van der Waals surface area contributed by atoms with E-state index in [-0.39, 0.29) is 5.56 Å². The maximum Gasteiger partial charge on any atom is 0.335 e. The van der Waals surface area contributed by atoms with E-state index < -0.39 is 5.97 Å². The minimum atomic E-state index is -0.931. The van der Waals surface area contributed by atoms with Crippen LogP contribution in [-0.4, -0.2) is 46.8 Å². The first-order valence-electron chi connectivity index (χ1n) is 8.05. The Morgan fingerprint density at radius 2 is 1.82 bits per heavy atom. The Balaban J connectivity index is 0.000000164. The number of carboxylic acids is 1. The molecule has 2 fully saturated rings. The number of piperidine rings is 2. The summed E-state index contributed by atoms with van der Waals surface area (Å²) in [6.45, 7) is 2.96. The smallest absolute Gasteiger partial charge is 0.335 e. The van der Waals surface area contributed by atoms with Crippen molar-refractivity contribution in [2.24, 2.45) is 5.92 Å². The van der Waals surface area contributed by atoms with Crippen molar-refractivity contribution in [3.8, 4) is 0 Å². The minimum absolute atomic E-state index is 0.259. The van der Waals surface area contributed by atoms with E-state index in [0.717, 1.165) is 6.04 Å². The summed E-state index contributed by atoms with van der Waals surface area (Å²) in [5, 5.41) is 17.6. The van der Waals surface area contributed by atoms with Gasteiger partial charge < -0.3 is 20.8 Å². The number of carboxylic acid groups (broad SMARTS) is 1. The van der Waals surface area contributed by atoms with Crippen molar-refractivity contribution in [3.05, 3.63) is 29.8 Å². The lowest BCUT2D eigenvalue weighted by Gasteiger charge is -2.43. The highest BCUT2D eigenvalue weighted by molar-refractivity contribution is 5.87. The Morgan fingerprint density at radius 1 is 1.14 bits per heavy atom. The summed E-state index contributed by atoms with van der Waals surface area (Å²) < 4.78 is 0. The van der Waals surface area contributed by atoms with Gasteiger partial charge in [0.25, 0.3) is 0 Å². The molecule has 0 saturated carbocycles. The van der Waals surface area contributed by atoms with Crippen LogP contribution in [0.15, 0.2) is 24.3 Å². The summed E-state index contributed by atoms with van der Waals surface area (Å²) in [5.41, 5.74) is 6.17. The van der Waals surface area contributed by atoms with Crippen molar-refractivity contribution >= 4 is 11.7 Å². The predicted octanol–water partition coefficient (Wildman–Crippen LogP) is 2.21. The Hall–Kier alpha value is -1.59. The second kappa shape index (κ2) is 8.15. The van der Waals surface area contributed by atoms with Gasteiger partial charge in [0.15, 0.2) is 0 Å². The lowest BCUT2D eigenvalue weighted by molar-refractivity contribution is 0.0312. The third-order valence-corrected chi connectivity index (χ3v) is 4.62. The fourth-order valence-corrected chi connectivity index (χ4v) is 3.42. The first kappa shape index (κ1) is 16.8. The summed E-state index contributed by atoms with van der Waals surface area (Å²) in [4.78, 5) is 12.9. The maximum atomic E-state index is 10.3. The van der Waals surface area contributed by atoms with Gasteiger partial charge >= 0.3 is 5.97 Å². The summed E-state index contributed by atoms with van der Waals surface area (Å²) in [5.74, 6) is -0.348. The van der Waals surface area contributed by atoms with Gasteiger partial charge in [-0.25, -0.2) is 4.79 Å². The molecule has 1 aromatic carbocycles. The van der Waals surface area contributed by atoms with Crippen LogP contribution in [0.4, 0.5) is 5.69 Å². The number of fused-ring (bicyclic) bond motifs is 1. The fourth-order valence-electron chi connectivity index (χ4n) is 3.42. The van der Waals surface area contributed by atoms with Crippen LogP contribution in [0.1, 0.15) is 42.5 Å². The molecule has 5 heteroatoms. The summed E-state index contributed by atoms with van der Waals surface area (Å²) in [6, 6.07) is 6.78.